The Kier molecular flexibility index (Phi) is 10.7. The van der Waals surface area contributed by atoms with E-state index in [-0.39, 0.29) is 29.2 Å². The number of amides is 1. The summed E-state index contributed by atoms with van der Waals surface area (Å²) < 4.78 is 57.6. The van der Waals surface area contributed by atoms with Crippen LogP contribution in [0.2, 0.25) is 0 Å². The maximum absolute atomic E-state index is 14.7. The summed E-state index contributed by atoms with van der Waals surface area (Å²) >= 11 is 0. The molecule has 1 aliphatic rings. The van der Waals surface area contributed by atoms with Crippen LogP contribution in [0.5, 0.6) is 23.0 Å². The van der Waals surface area contributed by atoms with Crippen molar-refractivity contribution in [3.63, 3.8) is 0 Å². The Morgan fingerprint density at radius 2 is 1.70 bits per heavy atom. The lowest BCUT2D eigenvalue weighted by Gasteiger charge is -2.37. The minimum Gasteiger partial charge on any atom is -0.493 e. The highest BCUT2D eigenvalue weighted by molar-refractivity contribution is 7.47. The van der Waals surface area contributed by atoms with Crippen LogP contribution in [0, 0.1) is 5.82 Å². The van der Waals surface area contributed by atoms with E-state index in [4.69, 9.17) is 23.5 Å². The van der Waals surface area contributed by atoms with Gasteiger partial charge in [-0.25, -0.2) is 18.9 Å². The molecule has 15 nitrogen and oxygen atoms in total. The van der Waals surface area contributed by atoms with Gasteiger partial charge in [-0.1, -0.05) is 13.8 Å². The van der Waals surface area contributed by atoms with Crippen LogP contribution >= 0.6 is 7.82 Å². The van der Waals surface area contributed by atoms with E-state index in [2.05, 4.69) is 30.1 Å². The second-order valence-corrected chi connectivity index (χ2v) is 10.4. The topological polar surface area (TPSA) is 176 Å². The van der Waals surface area contributed by atoms with Gasteiger partial charge in [-0.3, -0.25) is 18.7 Å². The van der Waals surface area contributed by atoms with Gasteiger partial charge in [0.1, 0.15) is 12.5 Å². The van der Waals surface area contributed by atoms with Crippen molar-refractivity contribution in [2.75, 3.05) is 50.7 Å². The van der Waals surface area contributed by atoms with Crippen LogP contribution in [0.25, 0.3) is 0 Å². The third kappa shape index (κ3) is 7.59. The molecule has 1 amide bonds. The summed E-state index contributed by atoms with van der Waals surface area (Å²) in [5.41, 5.74) is -0.860. The maximum atomic E-state index is 14.7. The van der Waals surface area contributed by atoms with E-state index >= 15 is 0 Å². The summed E-state index contributed by atoms with van der Waals surface area (Å²) in [6.45, 7) is 6.37. The first kappa shape index (κ1) is 33.3. The van der Waals surface area contributed by atoms with E-state index in [0.29, 0.717) is 22.9 Å². The van der Waals surface area contributed by atoms with E-state index in [1.54, 1.807) is 12.1 Å². The molecule has 0 fully saturated rings. The third-order valence-corrected chi connectivity index (χ3v) is 6.62. The van der Waals surface area contributed by atoms with Crippen LogP contribution in [0.4, 0.5) is 33.5 Å². The van der Waals surface area contributed by atoms with Crippen LogP contribution in [0.15, 0.2) is 30.5 Å². The molecule has 0 radical (unpaired) electrons. The number of nitrogens with zero attached hydrogens (tertiary/aromatic N) is 4. The Morgan fingerprint density at radius 3 is 2.28 bits per heavy atom. The van der Waals surface area contributed by atoms with Gasteiger partial charge in [0.2, 0.25) is 11.7 Å². The standard InChI is InChI=1S/C24H28FN6O9P.C2H6/c1-24(2)22(32)31(12-39-41(33,34)38-6)21-15(40-24)7-8-18(29-21)28-20-14(25)11-26-23(30-20)27-13-9-16(35-3)19(37-5)17(10-13)36-4;1-2/h7-11H,12H2,1-6H3,(H,33,34)(H2,26,27,28,29,30);1-2H3. The lowest BCUT2D eigenvalue weighted by molar-refractivity contribution is -0.133. The molecule has 43 heavy (non-hydrogen) atoms. The predicted molar refractivity (Wildman–Crippen MR) is 155 cm³/mol. The largest absolute Gasteiger partial charge is 0.493 e. The van der Waals surface area contributed by atoms with Crippen LogP contribution in [0.1, 0.15) is 27.7 Å². The van der Waals surface area contributed by atoms with Crippen molar-refractivity contribution < 1.29 is 46.6 Å². The average Bonchev–Trinajstić information content (AvgIpc) is 2.99. The number of rotatable bonds is 11. The minimum absolute atomic E-state index is 0.0229. The fourth-order valence-electron chi connectivity index (χ4n) is 3.74. The molecule has 4 rings (SSSR count). The number of halogens is 1. The highest BCUT2D eigenvalue weighted by Crippen LogP contribution is 2.44. The van der Waals surface area contributed by atoms with Gasteiger partial charge < -0.3 is 34.5 Å². The molecule has 3 aromatic rings. The van der Waals surface area contributed by atoms with E-state index in [9.17, 15) is 18.6 Å². The number of hydrogen-bond acceptors (Lipinski definition) is 13. The number of pyridine rings is 1. The fourth-order valence-corrected chi connectivity index (χ4v) is 4.11. The Hall–Kier alpha value is -4.24. The summed E-state index contributed by atoms with van der Waals surface area (Å²) in [5.74, 6) is -0.263. The Bertz CT molecular complexity index is 1480. The van der Waals surface area contributed by atoms with Gasteiger partial charge in [-0.2, -0.15) is 4.98 Å². The minimum atomic E-state index is -4.42. The van der Waals surface area contributed by atoms with Crippen molar-refractivity contribution >= 4 is 42.8 Å². The number of carbonyl (C=O) groups is 1. The van der Waals surface area contributed by atoms with Gasteiger partial charge in [-0.05, 0) is 26.0 Å². The first-order valence-electron chi connectivity index (χ1n) is 12.8. The second kappa shape index (κ2) is 13.8. The molecule has 1 unspecified atom stereocenters. The molecule has 1 aliphatic heterocycles. The van der Waals surface area contributed by atoms with Crippen molar-refractivity contribution in [3.8, 4) is 23.0 Å². The number of phosphoric ester groups is 1. The number of hydrogen-bond donors (Lipinski definition) is 3. The molecular weight excluding hydrogens is 590 g/mol. The first-order valence-corrected chi connectivity index (χ1v) is 14.3. The van der Waals surface area contributed by atoms with Gasteiger partial charge in [0.05, 0.1) is 27.5 Å². The molecule has 3 N–H and O–H groups in total. The predicted octanol–water partition coefficient (Wildman–Crippen LogP) is 4.77. The molecule has 2 aromatic heterocycles. The molecule has 1 aromatic carbocycles. The van der Waals surface area contributed by atoms with E-state index in [0.717, 1.165) is 18.2 Å². The van der Waals surface area contributed by atoms with Crippen LogP contribution in [-0.2, 0) is 18.4 Å². The highest BCUT2D eigenvalue weighted by Gasteiger charge is 2.43. The van der Waals surface area contributed by atoms with Crippen molar-refractivity contribution in [1.29, 1.82) is 0 Å². The van der Waals surface area contributed by atoms with Crippen molar-refractivity contribution in [2.24, 2.45) is 0 Å². The van der Waals surface area contributed by atoms with Crippen LogP contribution in [-0.4, -0.2) is 66.5 Å². The van der Waals surface area contributed by atoms with Crippen molar-refractivity contribution in [3.05, 3.63) is 36.3 Å². The van der Waals surface area contributed by atoms with Gasteiger partial charge >= 0.3 is 7.82 Å². The number of aromatic nitrogens is 3. The molecule has 0 bridgehead atoms. The maximum Gasteiger partial charge on any atom is 0.473 e. The zero-order chi connectivity index (χ0) is 31.9. The molecule has 1 atom stereocenters. The summed E-state index contributed by atoms with van der Waals surface area (Å²) in [7, 11) is 0.981. The van der Waals surface area contributed by atoms with Crippen LogP contribution < -0.4 is 34.5 Å². The first-order chi connectivity index (χ1) is 20.4. The lowest BCUT2D eigenvalue weighted by atomic mass is 10.1. The van der Waals surface area contributed by atoms with Crippen molar-refractivity contribution in [2.45, 2.75) is 33.3 Å². The molecule has 0 saturated carbocycles. The summed E-state index contributed by atoms with van der Waals surface area (Å²) in [6.07, 6.45) is 0.951. The number of benzene rings is 1. The molecule has 234 valence electrons. The average molecular weight is 625 g/mol. The molecule has 0 saturated heterocycles. The summed E-state index contributed by atoms with van der Waals surface area (Å²) in [6, 6.07) is 6.21. The zero-order valence-electron chi connectivity index (χ0n) is 24.9. The summed E-state index contributed by atoms with van der Waals surface area (Å²) in [4.78, 5) is 36.2. The number of phosphoric acid groups is 1. The number of carbonyl (C=O) groups excluding carboxylic acids is 1. The summed E-state index contributed by atoms with van der Waals surface area (Å²) in [5, 5.41) is 5.69. The Labute approximate surface area is 247 Å². The van der Waals surface area contributed by atoms with Gasteiger partial charge in [0.15, 0.2) is 40.3 Å². The highest BCUT2D eigenvalue weighted by atomic mass is 31.2. The lowest BCUT2D eigenvalue weighted by Crippen LogP contribution is -2.53. The monoisotopic (exact) mass is 624 g/mol. The normalized spacial score (nSPS) is 14.7. The Morgan fingerprint density at radius 1 is 1.05 bits per heavy atom. The van der Waals surface area contributed by atoms with Crippen LogP contribution in [0.3, 0.4) is 0 Å². The number of nitrogens with one attached hydrogen (secondary N) is 2. The van der Waals surface area contributed by atoms with Gasteiger partial charge in [0.25, 0.3) is 5.91 Å². The smallest absolute Gasteiger partial charge is 0.473 e. The Balaban J connectivity index is 0.00000248. The number of anilines is 5. The van der Waals surface area contributed by atoms with E-state index < -0.39 is 31.9 Å². The van der Waals surface area contributed by atoms with E-state index in [1.807, 2.05) is 13.8 Å². The van der Waals surface area contributed by atoms with E-state index in [1.165, 1.54) is 47.3 Å². The number of ether oxygens (including phenoxy) is 4. The fraction of sp³-hybridized carbons (Fsp3) is 0.385. The van der Waals surface area contributed by atoms with Gasteiger partial charge in [0, 0.05) is 24.9 Å². The second-order valence-electron chi connectivity index (χ2n) is 8.83. The molecular formula is C26H34FN6O9P. The SMILES string of the molecule is CC.COc1cc(Nc2ncc(F)c(Nc3ccc4c(n3)N(COP(=O)(O)OC)C(=O)C(C)(C)O4)n2)cc(OC)c1OC. The van der Waals surface area contributed by atoms with Crippen molar-refractivity contribution in [1.82, 2.24) is 15.0 Å². The quantitative estimate of drug-likeness (QED) is 0.249. The number of methoxy groups -OCH3 is 3. The molecule has 3 heterocycles. The number of fused-ring (bicyclic) bond motifs is 1. The third-order valence-electron chi connectivity index (χ3n) is 5.71. The van der Waals surface area contributed by atoms with Gasteiger partial charge in [-0.15, -0.1) is 0 Å². The molecule has 17 heteroatoms. The molecule has 0 aliphatic carbocycles. The molecule has 0 spiro atoms. The zero-order valence-corrected chi connectivity index (χ0v) is 25.8.